The van der Waals surface area contributed by atoms with Crippen molar-refractivity contribution < 1.29 is 0 Å². The fourth-order valence-electron chi connectivity index (χ4n) is 5.96. The summed E-state index contributed by atoms with van der Waals surface area (Å²) < 4.78 is 4.65. The Hall–Kier alpha value is -1.14. The summed E-state index contributed by atoms with van der Waals surface area (Å²) in [6.07, 6.45) is 41.4. The van der Waals surface area contributed by atoms with Crippen LogP contribution in [0, 0.1) is 0 Å². The van der Waals surface area contributed by atoms with Crippen molar-refractivity contribution in [3.8, 4) is 0 Å². The van der Waals surface area contributed by atoms with Gasteiger partial charge in [-0.05, 0) is 49.9 Å². The van der Waals surface area contributed by atoms with Crippen molar-refractivity contribution >= 4 is 34.0 Å². The molecular weight excluding hydrogens is 696 g/mol. The first kappa shape index (κ1) is 44.9. The molecule has 0 N–H and O–H groups in total. The van der Waals surface area contributed by atoms with Gasteiger partial charge in [-0.25, -0.2) is 0 Å². The summed E-state index contributed by atoms with van der Waals surface area (Å²) in [5.74, 6) is 0. The molecule has 0 saturated heterocycles. The highest BCUT2D eigenvalue weighted by Gasteiger charge is 1.96. The van der Waals surface area contributed by atoms with Crippen LogP contribution in [0.1, 0.15) is 168 Å². The molecule has 0 aliphatic rings. The Balaban J connectivity index is 0.0000101. The van der Waals surface area contributed by atoms with Gasteiger partial charge >= 0.3 is 0 Å². The largest absolute Gasteiger partial charge is 0.354 e. The molecule has 0 fully saturated rings. The zero-order chi connectivity index (χ0) is 31.2. The number of halogens is 2. The number of rotatable bonds is 29. The van der Waals surface area contributed by atoms with Crippen molar-refractivity contribution in [2.45, 2.75) is 181 Å². The third kappa shape index (κ3) is 25.9. The van der Waals surface area contributed by atoms with Crippen LogP contribution in [0.5, 0.6) is 0 Å². The van der Waals surface area contributed by atoms with E-state index in [0.717, 1.165) is 36.9 Å². The minimum Gasteiger partial charge on any atom is -0.354 e. The Labute approximate surface area is 305 Å². The van der Waals surface area contributed by atoms with Crippen LogP contribution in [0.3, 0.4) is 0 Å². The highest BCUT2D eigenvalue weighted by Crippen LogP contribution is 2.12. The minimum absolute atomic E-state index is 0. The number of pyridine rings is 2. The number of aromatic nitrogens is 2. The summed E-state index contributed by atoms with van der Waals surface area (Å²) in [4.78, 5) is 9.52. The van der Waals surface area contributed by atoms with Gasteiger partial charge in [-0.1, -0.05) is 142 Å². The standard InChI is InChI=1S/C40H70N4.2BrH/c1-3-5-7-9-15-19-23-31-41-39-27-35-43(36-28-39)33-25-21-17-13-11-12-14-18-22-26-34-44-37-29-40(30-38-44)42-32-24-20-16-10-8-6-4-2;;/h27-30,35-38H,3-26,31-34H2,1-2H3;2*1H. The lowest BCUT2D eigenvalue weighted by Gasteiger charge is -2.07. The van der Waals surface area contributed by atoms with E-state index in [1.54, 1.807) is 0 Å². The third-order valence-corrected chi connectivity index (χ3v) is 8.94. The summed E-state index contributed by atoms with van der Waals surface area (Å²) in [6.45, 7) is 8.77. The van der Waals surface area contributed by atoms with Gasteiger partial charge in [0.2, 0.25) is 0 Å². The molecule has 46 heavy (non-hydrogen) atoms. The Morgan fingerprint density at radius 1 is 0.370 bits per heavy atom. The van der Waals surface area contributed by atoms with Gasteiger partial charge in [0.15, 0.2) is 0 Å². The van der Waals surface area contributed by atoms with Crippen molar-refractivity contribution in [1.82, 2.24) is 9.13 Å². The molecule has 0 spiro atoms. The summed E-state index contributed by atoms with van der Waals surface area (Å²) in [5.41, 5.74) is 0. The maximum atomic E-state index is 4.76. The molecule has 6 heteroatoms. The van der Waals surface area contributed by atoms with Crippen LogP contribution >= 0.6 is 34.0 Å². The van der Waals surface area contributed by atoms with Gasteiger partial charge < -0.3 is 9.13 Å². The zero-order valence-electron chi connectivity index (χ0n) is 30.0. The summed E-state index contributed by atoms with van der Waals surface area (Å²) in [6, 6.07) is 8.74. The fraction of sp³-hybridized carbons (Fsp3) is 0.750. The molecule has 2 rings (SSSR count). The number of nitrogens with zero attached hydrogens (tertiary/aromatic N) is 4. The van der Waals surface area contributed by atoms with E-state index in [1.165, 1.54) is 154 Å². The van der Waals surface area contributed by atoms with Gasteiger partial charge in [0.1, 0.15) is 0 Å². The predicted molar refractivity (Wildman–Crippen MR) is 213 cm³/mol. The van der Waals surface area contributed by atoms with E-state index < -0.39 is 0 Å². The predicted octanol–water partition coefficient (Wildman–Crippen LogP) is 12.3. The number of hydrogen-bond acceptors (Lipinski definition) is 2. The molecule has 0 amide bonds. The Kier molecular flexibility index (Phi) is 32.9. The van der Waals surface area contributed by atoms with Crippen molar-refractivity contribution in [1.29, 1.82) is 0 Å². The second-order valence-corrected chi connectivity index (χ2v) is 13.1. The van der Waals surface area contributed by atoms with E-state index >= 15 is 0 Å². The van der Waals surface area contributed by atoms with Crippen molar-refractivity contribution in [3.05, 3.63) is 59.8 Å². The van der Waals surface area contributed by atoms with E-state index in [-0.39, 0.29) is 34.0 Å². The van der Waals surface area contributed by atoms with Crippen LogP contribution in [-0.4, -0.2) is 22.2 Å². The molecule has 2 heterocycles. The molecule has 0 radical (unpaired) electrons. The number of hydrogen-bond donors (Lipinski definition) is 0. The second-order valence-electron chi connectivity index (χ2n) is 13.1. The van der Waals surface area contributed by atoms with Crippen molar-refractivity contribution in [2.24, 2.45) is 9.98 Å². The highest BCUT2D eigenvalue weighted by atomic mass is 79.9. The lowest BCUT2D eigenvalue weighted by molar-refractivity contribution is 0.521. The summed E-state index contributed by atoms with van der Waals surface area (Å²) in [7, 11) is 0. The molecule has 0 aliphatic carbocycles. The molecule has 0 bridgehead atoms. The van der Waals surface area contributed by atoms with Crippen LogP contribution in [-0.2, 0) is 13.1 Å². The van der Waals surface area contributed by atoms with E-state index in [0.29, 0.717) is 0 Å². The summed E-state index contributed by atoms with van der Waals surface area (Å²) in [5, 5.41) is 2.28. The molecule has 0 unspecified atom stereocenters. The van der Waals surface area contributed by atoms with E-state index in [4.69, 9.17) is 9.98 Å². The number of unbranched alkanes of at least 4 members (excludes halogenated alkanes) is 21. The van der Waals surface area contributed by atoms with Crippen LogP contribution < -0.4 is 10.7 Å². The first-order chi connectivity index (χ1) is 21.8. The maximum Gasteiger partial charge on any atom is 0.0603 e. The molecular formula is C40H72Br2N4. The monoisotopic (exact) mass is 766 g/mol. The molecule has 2 aromatic heterocycles. The molecule has 0 saturated carbocycles. The van der Waals surface area contributed by atoms with Crippen LogP contribution in [0.4, 0.5) is 0 Å². The average molecular weight is 769 g/mol. The summed E-state index contributed by atoms with van der Waals surface area (Å²) >= 11 is 0. The molecule has 0 aliphatic heterocycles. The van der Waals surface area contributed by atoms with Crippen molar-refractivity contribution in [2.75, 3.05) is 13.1 Å². The normalized spacial score (nSPS) is 10.7. The lowest BCUT2D eigenvalue weighted by atomic mass is 10.1. The quantitative estimate of drug-likeness (QED) is 0.0739. The zero-order valence-corrected chi connectivity index (χ0v) is 33.4. The first-order valence-electron chi connectivity index (χ1n) is 19.1. The van der Waals surface area contributed by atoms with E-state index in [2.05, 4.69) is 72.0 Å². The SMILES string of the molecule is Br.Br.CCCCCCCCCN=c1ccn(CCCCCCCCCCCCn2ccc(=NCCCCCCCCC)cc2)cc1. The van der Waals surface area contributed by atoms with Gasteiger partial charge in [0.05, 0.1) is 10.7 Å². The van der Waals surface area contributed by atoms with Gasteiger partial charge in [0, 0.05) is 51.0 Å². The van der Waals surface area contributed by atoms with Crippen LogP contribution in [0.15, 0.2) is 59.0 Å². The van der Waals surface area contributed by atoms with Crippen molar-refractivity contribution in [3.63, 3.8) is 0 Å². The van der Waals surface area contributed by atoms with Crippen LogP contribution in [0.2, 0.25) is 0 Å². The van der Waals surface area contributed by atoms with Gasteiger partial charge in [-0.15, -0.1) is 34.0 Å². The second kappa shape index (κ2) is 33.7. The Bertz CT molecular complexity index is 922. The Morgan fingerprint density at radius 3 is 0.935 bits per heavy atom. The Morgan fingerprint density at radius 2 is 0.630 bits per heavy atom. The molecule has 4 nitrogen and oxygen atoms in total. The average Bonchev–Trinajstić information content (AvgIpc) is 3.05. The third-order valence-electron chi connectivity index (χ3n) is 8.94. The van der Waals surface area contributed by atoms with Gasteiger partial charge in [-0.2, -0.15) is 0 Å². The highest BCUT2D eigenvalue weighted by molar-refractivity contribution is 8.93. The van der Waals surface area contributed by atoms with E-state index in [9.17, 15) is 0 Å². The fourth-order valence-corrected chi connectivity index (χ4v) is 5.96. The van der Waals surface area contributed by atoms with Crippen LogP contribution in [0.25, 0.3) is 0 Å². The van der Waals surface area contributed by atoms with Gasteiger partial charge in [-0.3, -0.25) is 9.98 Å². The molecule has 0 aromatic carbocycles. The van der Waals surface area contributed by atoms with E-state index in [1.807, 2.05) is 0 Å². The minimum atomic E-state index is 0. The number of aryl methyl sites for hydroxylation is 2. The maximum absolute atomic E-state index is 4.76. The molecule has 0 atom stereocenters. The van der Waals surface area contributed by atoms with Gasteiger partial charge in [0.25, 0.3) is 0 Å². The molecule has 266 valence electrons. The topological polar surface area (TPSA) is 34.6 Å². The smallest absolute Gasteiger partial charge is 0.0603 e. The molecule has 2 aromatic rings. The lowest BCUT2D eigenvalue weighted by Crippen LogP contribution is -2.06. The first-order valence-corrected chi connectivity index (χ1v) is 19.1.